The van der Waals surface area contributed by atoms with Gasteiger partial charge in [0.1, 0.15) is 6.10 Å². The fourth-order valence-electron chi connectivity index (χ4n) is 3.98. The Morgan fingerprint density at radius 2 is 1.86 bits per heavy atom. The van der Waals surface area contributed by atoms with E-state index in [1.807, 2.05) is 4.90 Å². The van der Waals surface area contributed by atoms with Crippen molar-refractivity contribution >= 4 is 5.91 Å². The van der Waals surface area contributed by atoms with Crippen molar-refractivity contribution in [3.05, 3.63) is 0 Å². The van der Waals surface area contributed by atoms with E-state index in [2.05, 4.69) is 11.8 Å². The van der Waals surface area contributed by atoms with E-state index in [-0.39, 0.29) is 12.0 Å². The molecule has 1 saturated carbocycles. The summed E-state index contributed by atoms with van der Waals surface area (Å²) in [4.78, 5) is 16.6. The maximum absolute atomic E-state index is 12.3. The van der Waals surface area contributed by atoms with Gasteiger partial charge < -0.3 is 14.7 Å². The molecule has 1 N–H and O–H groups in total. The molecule has 5 nitrogen and oxygen atoms in total. The quantitative estimate of drug-likeness (QED) is 0.852. The Morgan fingerprint density at radius 3 is 2.45 bits per heavy atom. The normalized spacial score (nSPS) is 37.5. The Balaban J connectivity index is 1.44. The molecule has 5 heteroatoms. The Labute approximate surface area is 133 Å². The van der Waals surface area contributed by atoms with E-state index in [4.69, 9.17) is 4.74 Å². The van der Waals surface area contributed by atoms with Crippen LogP contribution in [0.3, 0.4) is 0 Å². The molecule has 0 aromatic carbocycles. The van der Waals surface area contributed by atoms with Crippen molar-refractivity contribution in [2.45, 2.75) is 57.2 Å². The lowest BCUT2D eigenvalue weighted by atomic mass is 9.79. The highest BCUT2D eigenvalue weighted by Crippen LogP contribution is 2.32. The molecule has 126 valence electrons. The predicted octanol–water partition coefficient (Wildman–Crippen LogP) is 1.25. The van der Waals surface area contributed by atoms with E-state index in [1.165, 1.54) is 0 Å². The summed E-state index contributed by atoms with van der Waals surface area (Å²) in [5, 5.41) is 10.7. The summed E-state index contributed by atoms with van der Waals surface area (Å²) >= 11 is 0. The van der Waals surface area contributed by atoms with Crippen molar-refractivity contribution in [3.63, 3.8) is 0 Å². The van der Waals surface area contributed by atoms with Gasteiger partial charge in [0.15, 0.2) is 0 Å². The highest BCUT2D eigenvalue weighted by molar-refractivity contribution is 5.81. The number of carbonyl (C=O) groups excluding carboxylic acids is 1. The minimum Gasteiger partial charge on any atom is -0.389 e. The van der Waals surface area contributed by atoms with E-state index in [9.17, 15) is 9.90 Å². The Hall–Kier alpha value is -0.650. The van der Waals surface area contributed by atoms with E-state index in [1.54, 1.807) is 0 Å². The number of amides is 1. The van der Waals surface area contributed by atoms with Crippen molar-refractivity contribution in [2.75, 3.05) is 39.3 Å². The number of ether oxygens (including phenoxy) is 1. The van der Waals surface area contributed by atoms with Crippen LogP contribution in [0.1, 0.15) is 45.4 Å². The first-order valence-electron chi connectivity index (χ1n) is 8.91. The molecule has 0 aromatic heterocycles. The standard InChI is InChI=1S/C17H30N2O3/c1-14-4-6-17(21,7-5-14)13-18-8-10-19(11-9-18)16(20)15-3-2-12-22-15/h14-15,21H,2-13H2,1H3. The predicted molar refractivity (Wildman–Crippen MR) is 84.6 cm³/mol. The van der Waals surface area contributed by atoms with Crippen molar-refractivity contribution in [1.82, 2.24) is 9.80 Å². The number of nitrogens with zero attached hydrogens (tertiary/aromatic N) is 2. The molecule has 2 heterocycles. The second-order valence-electron chi connectivity index (χ2n) is 7.51. The van der Waals surface area contributed by atoms with Crippen molar-refractivity contribution < 1.29 is 14.6 Å². The molecule has 0 aromatic rings. The third-order valence-electron chi connectivity index (χ3n) is 5.61. The number of carbonyl (C=O) groups is 1. The fraction of sp³-hybridized carbons (Fsp3) is 0.941. The Kier molecular flexibility index (Phi) is 5.05. The van der Waals surface area contributed by atoms with Crippen LogP contribution in [0.15, 0.2) is 0 Å². The first-order valence-corrected chi connectivity index (χ1v) is 8.91. The van der Waals surface area contributed by atoms with Gasteiger partial charge in [-0.1, -0.05) is 6.92 Å². The number of piperazine rings is 1. The number of aliphatic hydroxyl groups is 1. The van der Waals surface area contributed by atoms with Gasteiger partial charge in [0, 0.05) is 39.3 Å². The van der Waals surface area contributed by atoms with Gasteiger partial charge in [-0.3, -0.25) is 9.69 Å². The Morgan fingerprint density at radius 1 is 1.18 bits per heavy atom. The zero-order chi connectivity index (χ0) is 15.6. The van der Waals surface area contributed by atoms with Crippen LogP contribution in [0.5, 0.6) is 0 Å². The van der Waals surface area contributed by atoms with Crippen molar-refractivity contribution in [3.8, 4) is 0 Å². The monoisotopic (exact) mass is 310 g/mol. The highest BCUT2D eigenvalue weighted by Gasteiger charge is 2.36. The average Bonchev–Trinajstić information content (AvgIpc) is 3.05. The summed E-state index contributed by atoms with van der Waals surface area (Å²) in [6, 6.07) is 0. The van der Waals surface area contributed by atoms with Crippen LogP contribution >= 0.6 is 0 Å². The molecule has 22 heavy (non-hydrogen) atoms. The molecule has 3 fully saturated rings. The van der Waals surface area contributed by atoms with Gasteiger partial charge in [0.25, 0.3) is 5.91 Å². The van der Waals surface area contributed by atoms with Crippen LogP contribution in [0.2, 0.25) is 0 Å². The molecule has 1 unspecified atom stereocenters. The minimum atomic E-state index is -0.507. The molecule has 1 atom stereocenters. The molecular weight excluding hydrogens is 280 g/mol. The third kappa shape index (κ3) is 3.81. The minimum absolute atomic E-state index is 0.169. The van der Waals surface area contributed by atoms with Crippen LogP contribution < -0.4 is 0 Å². The van der Waals surface area contributed by atoms with E-state index in [0.717, 1.165) is 83.8 Å². The second-order valence-corrected chi connectivity index (χ2v) is 7.51. The zero-order valence-electron chi connectivity index (χ0n) is 13.8. The Bertz CT molecular complexity index is 379. The summed E-state index contributed by atoms with van der Waals surface area (Å²) in [5.41, 5.74) is -0.507. The lowest BCUT2D eigenvalue weighted by Gasteiger charge is -2.42. The van der Waals surface area contributed by atoms with Crippen LogP contribution in [-0.4, -0.2) is 71.8 Å². The fourth-order valence-corrected chi connectivity index (χ4v) is 3.98. The molecule has 3 aliphatic rings. The molecular formula is C17H30N2O3. The van der Waals surface area contributed by atoms with Gasteiger partial charge in [-0.2, -0.15) is 0 Å². The summed E-state index contributed by atoms with van der Waals surface area (Å²) in [7, 11) is 0. The number of hydrogen-bond acceptors (Lipinski definition) is 4. The highest BCUT2D eigenvalue weighted by atomic mass is 16.5. The van der Waals surface area contributed by atoms with Gasteiger partial charge in [0.05, 0.1) is 5.60 Å². The number of rotatable bonds is 3. The lowest BCUT2D eigenvalue weighted by Crippen LogP contribution is -2.55. The molecule has 1 amide bonds. The van der Waals surface area contributed by atoms with Crippen LogP contribution in [0.4, 0.5) is 0 Å². The number of β-amino-alcohol motifs (C(OH)–C–C–N with tert-alkyl or cyclic N) is 1. The maximum atomic E-state index is 12.3. The van der Waals surface area contributed by atoms with Gasteiger partial charge in [0.2, 0.25) is 0 Å². The lowest BCUT2D eigenvalue weighted by molar-refractivity contribution is -0.143. The molecule has 2 aliphatic heterocycles. The molecule has 0 radical (unpaired) electrons. The molecule has 2 saturated heterocycles. The van der Waals surface area contributed by atoms with Crippen molar-refractivity contribution in [1.29, 1.82) is 0 Å². The van der Waals surface area contributed by atoms with Gasteiger partial charge in [-0.15, -0.1) is 0 Å². The van der Waals surface area contributed by atoms with E-state index in [0.29, 0.717) is 0 Å². The first-order chi connectivity index (χ1) is 10.6. The SMILES string of the molecule is CC1CCC(O)(CN2CCN(C(=O)C3CCCO3)CC2)CC1. The summed E-state index contributed by atoms with van der Waals surface area (Å²) < 4.78 is 5.50. The summed E-state index contributed by atoms with van der Waals surface area (Å²) in [6.07, 6.45) is 5.78. The summed E-state index contributed by atoms with van der Waals surface area (Å²) in [6.45, 7) is 7.04. The van der Waals surface area contributed by atoms with E-state index < -0.39 is 5.60 Å². The van der Waals surface area contributed by atoms with Crippen LogP contribution in [0, 0.1) is 5.92 Å². The smallest absolute Gasteiger partial charge is 0.251 e. The van der Waals surface area contributed by atoms with Gasteiger partial charge in [-0.25, -0.2) is 0 Å². The molecule has 0 spiro atoms. The number of hydrogen-bond donors (Lipinski definition) is 1. The second kappa shape index (κ2) is 6.85. The molecule has 0 bridgehead atoms. The summed E-state index contributed by atoms with van der Waals surface area (Å²) in [5.74, 6) is 0.920. The van der Waals surface area contributed by atoms with Gasteiger partial charge in [-0.05, 0) is 44.4 Å². The largest absolute Gasteiger partial charge is 0.389 e. The zero-order valence-corrected chi connectivity index (χ0v) is 13.8. The molecule has 3 rings (SSSR count). The van der Waals surface area contributed by atoms with E-state index >= 15 is 0 Å². The maximum Gasteiger partial charge on any atom is 0.251 e. The molecule has 1 aliphatic carbocycles. The van der Waals surface area contributed by atoms with Crippen LogP contribution in [-0.2, 0) is 9.53 Å². The van der Waals surface area contributed by atoms with Crippen molar-refractivity contribution in [2.24, 2.45) is 5.92 Å². The topological polar surface area (TPSA) is 53.0 Å². The van der Waals surface area contributed by atoms with Gasteiger partial charge >= 0.3 is 0 Å². The first kappa shape index (κ1) is 16.2. The third-order valence-corrected chi connectivity index (χ3v) is 5.61. The van der Waals surface area contributed by atoms with Crippen LogP contribution in [0.25, 0.3) is 0 Å². The average molecular weight is 310 g/mol.